The molecule has 2 rings (SSSR count). The molecule has 18 heavy (non-hydrogen) atoms. The Morgan fingerprint density at radius 2 is 1.89 bits per heavy atom. The zero-order valence-electron chi connectivity index (χ0n) is 12.4. The molecule has 1 nitrogen and oxygen atoms in total. The molecule has 1 heteroatoms. The van der Waals surface area contributed by atoms with Crippen molar-refractivity contribution >= 4 is 0 Å². The van der Waals surface area contributed by atoms with E-state index < -0.39 is 0 Å². The van der Waals surface area contributed by atoms with Gasteiger partial charge in [0.15, 0.2) is 0 Å². The second-order valence-corrected chi connectivity index (χ2v) is 6.28. The van der Waals surface area contributed by atoms with Crippen LogP contribution in [-0.4, -0.2) is 7.11 Å². The van der Waals surface area contributed by atoms with E-state index in [2.05, 4.69) is 45.9 Å². The van der Waals surface area contributed by atoms with Gasteiger partial charge in [0.25, 0.3) is 0 Å². The molecule has 0 spiro atoms. The maximum absolute atomic E-state index is 5.70. The highest BCUT2D eigenvalue weighted by Crippen LogP contribution is 2.39. The molecule has 1 aliphatic rings. The van der Waals surface area contributed by atoms with Gasteiger partial charge in [-0.05, 0) is 47.3 Å². The number of benzene rings is 1. The summed E-state index contributed by atoms with van der Waals surface area (Å²) in [5.41, 5.74) is 4.38. The molecular weight excluding hydrogens is 220 g/mol. The number of hydrogen-bond acceptors (Lipinski definition) is 1. The SMILES string of the molecule is COC1CC(C(C)C)Cc2cc(C(C)C)ccc21. The summed E-state index contributed by atoms with van der Waals surface area (Å²) in [7, 11) is 1.84. The molecule has 0 saturated heterocycles. The predicted octanol–water partition coefficient (Wildman–Crippen LogP) is 4.72. The van der Waals surface area contributed by atoms with E-state index >= 15 is 0 Å². The minimum Gasteiger partial charge on any atom is -0.377 e. The van der Waals surface area contributed by atoms with E-state index in [0.29, 0.717) is 12.0 Å². The third-order valence-corrected chi connectivity index (χ3v) is 4.41. The largest absolute Gasteiger partial charge is 0.377 e. The Morgan fingerprint density at radius 3 is 2.44 bits per heavy atom. The number of ether oxygens (including phenoxy) is 1. The number of fused-ring (bicyclic) bond motifs is 1. The summed E-state index contributed by atoms with van der Waals surface area (Å²) in [5.74, 6) is 2.10. The standard InChI is InChI=1S/C17H26O/c1-11(2)13-6-7-16-15(8-13)9-14(12(3)4)10-17(16)18-5/h6-8,11-12,14,17H,9-10H2,1-5H3. The second kappa shape index (κ2) is 5.44. The van der Waals surface area contributed by atoms with Gasteiger partial charge in [-0.15, -0.1) is 0 Å². The summed E-state index contributed by atoms with van der Waals surface area (Å²) >= 11 is 0. The fraction of sp³-hybridized carbons (Fsp3) is 0.647. The van der Waals surface area contributed by atoms with Crippen LogP contribution in [0, 0.1) is 11.8 Å². The highest BCUT2D eigenvalue weighted by Gasteiger charge is 2.28. The summed E-state index contributed by atoms with van der Waals surface area (Å²) in [4.78, 5) is 0. The highest BCUT2D eigenvalue weighted by atomic mass is 16.5. The quantitative estimate of drug-likeness (QED) is 0.750. The van der Waals surface area contributed by atoms with Crippen LogP contribution in [0.3, 0.4) is 0 Å². The van der Waals surface area contributed by atoms with Crippen molar-refractivity contribution < 1.29 is 4.74 Å². The topological polar surface area (TPSA) is 9.23 Å². The van der Waals surface area contributed by atoms with Crippen molar-refractivity contribution in [3.63, 3.8) is 0 Å². The lowest BCUT2D eigenvalue weighted by atomic mass is 9.76. The Bertz CT molecular complexity index is 406. The van der Waals surface area contributed by atoms with Crippen LogP contribution in [0.5, 0.6) is 0 Å². The third-order valence-electron chi connectivity index (χ3n) is 4.41. The lowest BCUT2D eigenvalue weighted by Gasteiger charge is -2.33. The molecule has 1 aliphatic carbocycles. The van der Waals surface area contributed by atoms with Crippen molar-refractivity contribution in [1.82, 2.24) is 0 Å². The van der Waals surface area contributed by atoms with Gasteiger partial charge < -0.3 is 4.74 Å². The van der Waals surface area contributed by atoms with Crippen molar-refractivity contribution in [3.05, 3.63) is 34.9 Å². The van der Waals surface area contributed by atoms with Crippen LogP contribution in [0.4, 0.5) is 0 Å². The Labute approximate surface area is 112 Å². The molecule has 0 fully saturated rings. The minimum absolute atomic E-state index is 0.294. The summed E-state index contributed by atoms with van der Waals surface area (Å²) < 4.78 is 5.70. The third kappa shape index (κ3) is 2.61. The molecular formula is C17H26O. The fourth-order valence-corrected chi connectivity index (χ4v) is 2.97. The Kier molecular flexibility index (Phi) is 4.11. The molecule has 0 saturated carbocycles. The van der Waals surface area contributed by atoms with Crippen LogP contribution in [-0.2, 0) is 11.2 Å². The molecule has 1 aromatic rings. The molecule has 0 aliphatic heterocycles. The first-order chi connectivity index (χ1) is 8.52. The van der Waals surface area contributed by atoms with E-state index in [0.717, 1.165) is 11.8 Å². The zero-order valence-corrected chi connectivity index (χ0v) is 12.4. The molecule has 0 heterocycles. The van der Waals surface area contributed by atoms with Crippen molar-refractivity contribution in [2.45, 2.75) is 52.6 Å². The smallest absolute Gasteiger partial charge is 0.0826 e. The summed E-state index contributed by atoms with van der Waals surface area (Å²) in [6, 6.07) is 6.96. The van der Waals surface area contributed by atoms with Crippen molar-refractivity contribution in [2.75, 3.05) is 7.11 Å². The number of hydrogen-bond donors (Lipinski definition) is 0. The zero-order chi connectivity index (χ0) is 13.3. The van der Waals surface area contributed by atoms with E-state index in [1.807, 2.05) is 7.11 Å². The van der Waals surface area contributed by atoms with Gasteiger partial charge in [-0.25, -0.2) is 0 Å². The monoisotopic (exact) mass is 246 g/mol. The summed E-state index contributed by atoms with van der Waals surface area (Å²) in [6.07, 6.45) is 2.68. The molecule has 0 amide bonds. The average molecular weight is 246 g/mol. The van der Waals surface area contributed by atoms with Gasteiger partial charge in [-0.1, -0.05) is 45.9 Å². The highest BCUT2D eigenvalue weighted by molar-refractivity contribution is 5.37. The van der Waals surface area contributed by atoms with Gasteiger partial charge >= 0.3 is 0 Å². The number of methoxy groups -OCH3 is 1. The normalized spacial score (nSPS) is 23.5. The lowest BCUT2D eigenvalue weighted by molar-refractivity contribution is 0.0628. The maximum Gasteiger partial charge on any atom is 0.0826 e. The average Bonchev–Trinajstić information content (AvgIpc) is 2.36. The molecule has 2 atom stereocenters. The van der Waals surface area contributed by atoms with E-state index in [1.165, 1.54) is 29.5 Å². The fourth-order valence-electron chi connectivity index (χ4n) is 2.97. The molecule has 1 aromatic carbocycles. The molecule has 0 N–H and O–H groups in total. The van der Waals surface area contributed by atoms with Crippen LogP contribution in [0.2, 0.25) is 0 Å². The molecule has 100 valence electrons. The van der Waals surface area contributed by atoms with Crippen molar-refractivity contribution in [3.8, 4) is 0 Å². The summed E-state index contributed by atoms with van der Waals surface area (Å²) in [5, 5.41) is 0. The predicted molar refractivity (Wildman–Crippen MR) is 76.9 cm³/mol. The Hall–Kier alpha value is -0.820. The van der Waals surface area contributed by atoms with Gasteiger partial charge in [0.05, 0.1) is 6.10 Å². The van der Waals surface area contributed by atoms with Crippen LogP contribution >= 0.6 is 0 Å². The van der Waals surface area contributed by atoms with Crippen LogP contribution in [0.25, 0.3) is 0 Å². The van der Waals surface area contributed by atoms with Gasteiger partial charge in [0.2, 0.25) is 0 Å². The first-order valence-electron chi connectivity index (χ1n) is 7.18. The van der Waals surface area contributed by atoms with Crippen LogP contribution in [0.1, 0.15) is 62.8 Å². The Balaban J connectivity index is 2.35. The van der Waals surface area contributed by atoms with Crippen molar-refractivity contribution in [1.29, 1.82) is 0 Å². The van der Waals surface area contributed by atoms with E-state index in [9.17, 15) is 0 Å². The van der Waals surface area contributed by atoms with Crippen LogP contribution < -0.4 is 0 Å². The number of rotatable bonds is 3. The second-order valence-electron chi connectivity index (χ2n) is 6.28. The minimum atomic E-state index is 0.294. The van der Waals surface area contributed by atoms with E-state index in [4.69, 9.17) is 4.74 Å². The summed E-state index contributed by atoms with van der Waals surface area (Å²) in [6.45, 7) is 9.18. The van der Waals surface area contributed by atoms with Crippen LogP contribution in [0.15, 0.2) is 18.2 Å². The molecule has 0 aromatic heterocycles. The van der Waals surface area contributed by atoms with Gasteiger partial charge in [-0.3, -0.25) is 0 Å². The van der Waals surface area contributed by atoms with Gasteiger partial charge in [-0.2, -0.15) is 0 Å². The molecule has 2 unspecified atom stereocenters. The van der Waals surface area contributed by atoms with E-state index in [-0.39, 0.29) is 0 Å². The van der Waals surface area contributed by atoms with Gasteiger partial charge in [0, 0.05) is 7.11 Å². The van der Waals surface area contributed by atoms with E-state index in [1.54, 1.807) is 0 Å². The maximum atomic E-state index is 5.70. The first-order valence-corrected chi connectivity index (χ1v) is 7.18. The molecule has 0 bridgehead atoms. The lowest BCUT2D eigenvalue weighted by Crippen LogP contribution is -2.23. The van der Waals surface area contributed by atoms with Crippen molar-refractivity contribution in [2.24, 2.45) is 11.8 Å². The first kappa shape index (κ1) is 13.6. The van der Waals surface area contributed by atoms with Gasteiger partial charge in [0.1, 0.15) is 0 Å². The Morgan fingerprint density at radius 1 is 1.17 bits per heavy atom. The molecule has 0 radical (unpaired) electrons.